The Morgan fingerprint density at radius 1 is 0.654 bits per heavy atom. The third kappa shape index (κ3) is 2.54. The fourth-order valence-corrected chi connectivity index (χ4v) is 4.14. The Hall–Kier alpha value is -2.25. The summed E-state index contributed by atoms with van der Waals surface area (Å²) in [6, 6.07) is 23.4. The second kappa shape index (κ2) is 5.89. The van der Waals surface area contributed by atoms with E-state index in [0.29, 0.717) is 0 Å². The molecule has 0 atom stereocenters. The van der Waals surface area contributed by atoms with Crippen LogP contribution < -0.4 is 5.32 Å². The van der Waals surface area contributed by atoms with Gasteiger partial charge in [-0.1, -0.05) is 69.6 Å². The van der Waals surface area contributed by atoms with E-state index in [1.165, 1.54) is 22.3 Å². The number of halogens is 1. The number of fused-ring (bicyclic) bond motifs is 3. The van der Waals surface area contributed by atoms with Gasteiger partial charge in [0.1, 0.15) is 0 Å². The second-order valence-corrected chi connectivity index (χ2v) is 8.62. The summed E-state index contributed by atoms with van der Waals surface area (Å²) >= 11 is 6.00. The Bertz CT molecular complexity index is 968. The van der Waals surface area contributed by atoms with Gasteiger partial charge in [0.05, 0.1) is 0 Å². The predicted octanol–water partition coefficient (Wildman–Crippen LogP) is 7.32. The monoisotopic (exact) mass is 361 g/mol. The van der Waals surface area contributed by atoms with E-state index in [1.807, 2.05) is 24.3 Å². The lowest BCUT2D eigenvalue weighted by molar-refractivity contribution is 0.299. The van der Waals surface area contributed by atoms with Gasteiger partial charge in [0.15, 0.2) is 0 Å². The minimum absolute atomic E-state index is 0.0222. The third-order valence-electron chi connectivity index (χ3n) is 6.28. The number of benzene rings is 3. The first-order valence-electron chi connectivity index (χ1n) is 9.08. The lowest BCUT2D eigenvalue weighted by atomic mass is 9.55. The highest BCUT2D eigenvalue weighted by Gasteiger charge is 2.45. The molecule has 0 spiro atoms. The summed E-state index contributed by atoms with van der Waals surface area (Å²) in [5.41, 5.74) is 7.73. The molecule has 0 amide bonds. The van der Waals surface area contributed by atoms with E-state index in [1.54, 1.807) is 0 Å². The fraction of sp³-hybridized carbons (Fsp3) is 0.250. The molecule has 0 saturated carbocycles. The molecule has 0 fully saturated rings. The van der Waals surface area contributed by atoms with E-state index < -0.39 is 0 Å². The van der Waals surface area contributed by atoms with Crippen molar-refractivity contribution >= 4 is 23.0 Å². The number of hydrogen-bond donors (Lipinski definition) is 1. The Labute approximate surface area is 161 Å². The standard InChI is InChI=1S/C24H24ClN/c1-23(2)21-8-6-5-7-19(21)20-14-13-18(15-22(20)24(23,3)4)26-17-11-9-16(25)10-12-17/h5-15,26H,1-4H3. The molecule has 1 aliphatic carbocycles. The van der Waals surface area contributed by atoms with E-state index in [4.69, 9.17) is 11.6 Å². The highest BCUT2D eigenvalue weighted by atomic mass is 35.5. The predicted molar refractivity (Wildman–Crippen MR) is 113 cm³/mol. The molecule has 0 bridgehead atoms. The van der Waals surface area contributed by atoms with Gasteiger partial charge in [-0.05, 0) is 69.5 Å². The average molecular weight is 362 g/mol. The van der Waals surface area contributed by atoms with Gasteiger partial charge in [-0.3, -0.25) is 0 Å². The van der Waals surface area contributed by atoms with Crippen LogP contribution in [0.15, 0.2) is 66.7 Å². The summed E-state index contributed by atoms with van der Waals surface area (Å²) in [5.74, 6) is 0. The molecule has 0 heterocycles. The van der Waals surface area contributed by atoms with Crippen LogP contribution in [0.1, 0.15) is 38.8 Å². The van der Waals surface area contributed by atoms with E-state index >= 15 is 0 Å². The Morgan fingerprint density at radius 2 is 1.23 bits per heavy atom. The van der Waals surface area contributed by atoms with Crippen LogP contribution in [0.2, 0.25) is 5.02 Å². The minimum Gasteiger partial charge on any atom is -0.356 e. The molecule has 1 aliphatic rings. The highest BCUT2D eigenvalue weighted by molar-refractivity contribution is 6.30. The largest absolute Gasteiger partial charge is 0.356 e. The zero-order chi connectivity index (χ0) is 18.5. The van der Waals surface area contributed by atoms with Crippen molar-refractivity contribution < 1.29 is 0 Å². The molecule has 2 heteroatoms. The van der Waals surface area contributed by atoms with Crippen molar-refractivity contribution in [1.82, 2.24) is 0 Å². The molecule has 1 nitrogen and oxygen atoms in total. The van der Waals surface area contributed by atoms with E-state index in [2.05, 4.69) is 75.5 Å². The third-order valence-corrected chi connectivity index (χ3v) is 6.53. The molecule has 0 radical (unpaired) electrons. The topological polar surface area (TPSA) is 12.0 Å². The van der Waals surface area contributed by atoms with E-state index in [-0.39, 0.29) is 10.8 Å². The Balaban J connectivity index is 1.83. The molecular weight excluding hydrogens is 338 g/mol. The first kappa shape index (κ1) is 17.2. The number of nitrogens with one attached hydrogen (secondary N) is 1. The maximum Gasteiger partial charge on any atom is 0.0407 e. The maximum atomic E-state index is 6.00. The molecule has 1 N–H and O–H groups in total. The first-order chi connectivity index (χ1) is 12.3. The van der Waals surface area contributed by atoms with Crippen LogP contribution in [0, 0.1) is 0 Å². The number of anilines is 2. The molecular formula is C24H24ClN. The SMILES string of the molecule is CC1(C)c2ccccc2-c2ccc(Nc3ccc(Cl)cc3)cc2C1(C)C. The molecule has 0 aromatic heterocycles. The molecule has 0 saturated heterocycles. The zero-order valence-corrected chi connectivity index (χ0v) is 16.5. The molecule has 26 heavy (non-hydrogen) atoms. The van der Waals surface area contributed by atoms with Crippen molar-refractivity contribution in [3.63, 3.8) is 0 Å². The summed E-state index contributed by atoms with van der Waals surface area (Å²) < 4.78 is 0. The molecule has 4 rings (SSSR count). The average Bonchev–Trinajstić information content (AvgIpc) is 2.62. The van der Waals surface area contributed by atoms with Gasteiger partial charge >= 0.3 is 0 Å². The minimum atomic E-state index is 0.0222. The number of rotatable bonds is 2. The molecule has 3 aromatic carbocycles. The zero-order valence-electron chi connectivity index (χ0n) is 15.7. The Morgan fingerprint density at radius 3 is 1.96 bits per heavy atom. The summed E-state index contributed by atoms with van der Waals surface area (Å²) in [7, 11) is 0. The lowest BCUT2D eigenvalue weighted by Crippen LogP contribution is -2.43. The molecule has 3 aromatic rings. The summed E-state index contributed by atoms with van der Waals surface area (Å²) in [6.45, 7) is 9.42. The van der Waals surface area contributed by atoms with Gasteiger partial charge in [0.25, 0.3) is 0 Å². The summed E-state index contributed by atoms with van der Waals surface area (Å²) in [6.07, 6.45) is 0. The Kier molecular flexibility index (Phi) is 3.89. The van der Waals surface area contributed by atoms with Crippen LogP contribution >= 0.6 is 11.6 Å². The van der Waals surface area contributed by atoms with Gasteiger partial charge in [0, 0.05) is 16.4 Å². The van der Waals surface area contributed by atoms with Crippen LogP contribution in [0.4, 0.5) is 11.4 Å². The molecule has 0 aliphatic heterocycles. The molecule has 0 unspecified atom stereocenters. The van der Waals surface area contributed by atoms with Gasteiger partial charge in [-0.15, -0.1) is 0 Å². The lowest BCUT2D eigenvalue weighted by Gasteiger charge is -2.48. The smallest absolute Gasteiger partial charge is 0.0407 e. The maximum absolute atomic E-state index is 6.00. The molecule has 132 valence electrons. The quantitative estimate of drug-likeness (QED) is 0.504. The van der Waals surface area contributed by atoms with Crippen LogP contribution in [-0.2, 0) is 10.8 Å². The second-order valence-electron chi connectivity index (χ2n) is 8.19. The van der Waals surface area contributed by atoms with E-state index in [9.17, 15) is 0 Å². The van der Waals surface area contributed by atoms with Crippen LogP contribution in [0.25, 0.3) is 11.1 Å². The van der Waals surface area contributed by atoms with Crippen molar-refractivity contribution in [3.05, 3.63) is 82.9 Å². The summed E-state index contributed by atoms with van der Waals surface area (Å²) in [5, 5.41) is 4.26. The van der Waals surface area contributed by atoms with Crippen molar-refractivity contribution in [1.29, 1.82) is 0 Å². The van der Waals surface area contributed by atoms with Gasteiger partial charge in [-0.2, -0.15) is 0 Å². The van der Waals surface area contributed by atoms with Gasteiger partial charge in [0.2, 0.25) is 0 Å². The normalized spacial score (nSPS) is 16.5. The van der Waals surface area contributed by atoms with Crippen molar-refractivity contribution in [2.24, 2.45) is 0 Å². The summed E-state index contributed by atoms with van der Waals surface area (Å²) in [4.78, 5) is 0. The van der Waals surface area contributed by atoms with Gasteiger partial charge < -0.3 is 5.32 Å². The van der Waals surface area contributed by atoms with Crippen LogP contribution in [-0.4, -0.2) is 0 Å². The fourth-order valence-electron chi connectivity index (χ4n) is 4.01. The van der Waals surface area contributed by atoms with Crippen molar-refractivity contribution in [3.8, 4) is 11.1 Å². The highest BCUT2D eigenvalue weighted by Crippen LogP contribution is 2.54. The number of hydrogen-bond acceptors (Lipinski definition) is 1. The van der Waals surface area contributed by atoms with Crippen LogP contribution in [0.3, 0.4) is 0 Å². The van der Waals surface area contributed by atoms with E-state index in [0.717, 1.165) is 16.4 Å². The van der Waals surface area contributed by atoms with Crippen LogP contribution in [0.5, 0.6) is 0 Å². The van der Waals surface area contributed by atoms with Gasteiger partial charge in [-0.25, -0.2) is 0 Å². The first-order valence-corrected chi connectivity index (χ1v) is 9.45. The van der Waals surface area contributed by atoms with Crippen molar-refractivity contribution in [2.45, 2.75) is 38.5 Å². The van der Waals surface area contributed by atoms with Crippen molar-refractivity contribution in [2.75, 3.05) is 5.32 Å².